The number of hydrogen-bond acceptors (Lipinski definition) is 4. The number of nitrogens with zero attached hydrogens (tertiary/aromatic N) is 4. The summed E-state index contributed by atoms with van der Waals surface area (Å²) in [4.78, 5) is 19.7. The molecule has 0 N–H and O–H groups in total. The van der Waals surface area contributed by atoms with E-state index in [-0.39, 0.29) is 18.3 Å². The van der Waals surface area contributed by atoms with E-state index in [1.54, 1.807) is 48.5 Å². The van der Waals surface area contributed by atoms with Gasteiger partial charge in [0.2, 0.25) is 0 Å². The summed E-state index contributed by atoms with van der Waals surface area (Å²) in [6, 6.07) is 16.1. The summed E-state index contributed by atoms with van der Waals surface area (Å²) in [7, 11) is 1.51. The predicted molar refractivity (Wildman–Crippen MR) is 106 cm³/mol. The summed E-state index contributed by atoms with van der Waals surface area (Å²) in [5.74, 6) is -0.211. The number of alkyl halides is 3. The van der Waals surface area contributed by atoms with Crippen molar-refractivity contribution < 1.29 is 18.0 Å². The minimum absolute atomic E-state index is 0.0737. The Morgan fingerprint density at radius 3 is 2.53 bits per heavy atom. The molecule has 0 fully saturated rings. The third-order valence-corrected chi connectivity index (χ3v) is 5.37. The normalized spacial score (nSPS) is 11.2. The first-order chi connectivity index (χ1) is 14.3. The number of rotatable bonds is 6. The molecule has 154 valence electrons. The molecule has 3 aromatic rings. The van der Waals surface area contributed by atoms with Gasteiger partial charge in [-0.25, -0.2) is 4.98 Å². The molecule has 1 amide bonds. The molecule has 0 saturated heterocycles. The zero-order chi connectivity index (χ0) is 21.7. The molecule has 0 spiro atoms. The molecule has 30 heavy (non-hydrogen) atoms. The van der Waals surface area contributed by atoms with Gasteiger partial charge < -0.3 is 9.47 Å². The van der Waals surface area contributed by atoms with Crippen LogP contribution in [0.25, 0.3) is 0 Å². The first-order valence-corrected chi connectivity index (χ1v) is 9.68. The van der Waals surface area contributed by atoms with Crippen molar-refractivity contribution in [2.24, 2.45) is 0 Å². The number of carbonyl (C=O) groups is 1. The van der Waals surface area contributed by atoms with E-state index in [0.717, 1.165) is 4.57 Å². The standard InChI is InChI=1S/C21H17F3N4OS/c1-27(13-19-26-10-11-28(19)14-21(22,23)24)20(29)16-7-3-5-9-18(16)30-17-8-4-2-6-15(17)12-25/h2-11H,13-14H2,1H3. The SMILES string of the molecule is CN(Cc1nccn1CC(F)(F)F)C(=O)c1ccccc1Sc1ccccc1C#N. The average Bonchev–Trinajstić information content (AvgIpc) is 3.13. The molecule has 2 aromatic carbocycles. The Hall–Kier alpha value is -3.25. The highest BCUT2D eigenvalue weighted by Crippen LogP contribution is 2.33. The van der Waals surface area contributed by atoms with Crippen LogP contribution in [0.4, 0.5) is 13.2 Å². The molecular weight excluding hydrogens is 413 g/mol. The van der Waals surface area contributed by atoms with Crippen LogP contribution in [-0.2, 0) is 13.1 Å². The van der Waals surface area contributed by atoms with Gasteiger partial charge in [0.15, 0.2) is 0 Å². The fourth-order valence-electron chi connectivity index (χ4n) is 2.82. The van der Waals surface area contributed by atoms with Gasteiger partial charge in [-0.1, -0.05) is 36.0 Å². The second kappa shape index (κ2) is 9.05. The molecule has 0 aliphatic rings. The molecule has 0 radical (unpaired) electrons. The Labute approximate surface area is 175 Å². The maximum absolute atomic E-state index is 13.0. The molecular formula is C21H17F3N4OS. The minimum atomic E-state index is -4.38. The van der Waals surface area contributed by atoms with Crippen LogP contribution in [0.3, 0.4) is 0 Å². The topological polar surface area (TPSA) is 61.9 Å². The Morgan fingerprint density at radius 2 is 1.83 bits per heavy atom. The molecule has 9 heteroatoms. The van der Waals surface area contributed by atoms with E-state index in [1.165, 1.54) is 36.1 Å². The first kappa shape index (κ1) is 21.5. The summed E-state index contributed by atoms with van der Waals surface area (Å²) in [5.41, 5.74) is 0.888. The number of hydrogen-bond donors (Lipinski definition) is 0. The van der Waals surface area contributed by atoms with Gasteiger partial charge in [0.25, 0.3) is 5.91 Å². The lowest BCUT2D eigenvalue weighted by Crippen LogP contribution is -2.29. The van der Waals surface area contributed by atoms with Gasteiger partial charge >= 0.3 is 6.18 Å². The summed E-state index contributed by atoms with van der Waals surface area (Å²) < 4.78 is 39.2. The Bertz CT molecular complexity index is 1090. The Kier molecular flexibility index (Phi) is 6.47. The molecule has 0 saturated carbocycles. The second-order valence-electron chi connectivity index (χ2n) is 6.45. The Balaban J connectivity index is 1.81. The smallest absolute Gasteiger partial charge is 0.334 e. The molecule has 3 rings (SSSR count). The number of halogens is 3. The largest absolute Gasteiger partial charge is 0.406 e. The quantitative estimate of drug-likeness (QED) is 0.567. The third kappa shape index (κ3) is 5.21. The van der Waals surface area contributed by atoms with Crippen molar-refractivity contribution in [3.05, 3.63) is 77.9 Å². The third-order valence-electron chi connectivity index (χ3n) is 4.22. The van der Waals surface area contributed by atoms with E-state index in [9.17, 15) is 23.2 Å². The van der Waals surface area contributed by atoms with Gasteiger partial charge in [0.1, 0.15) is 18.4 Å². The number of imidazole rings is 1. The molecule has 0 aliphatic carbocycles. The van der Waals surface area contributed by atoms with Crippen molar-refractivity contribution >= 4 is 17.7 Å². The highest BCUT2D eigenvalue weighted by Gasteiger charge is 2.29. The van der Waals surface area contributed by atoms with Gasteiger partial charge in [-0.15, -0.1) is 0 Å². The maximum atomic E-state index is 13.0. The summed E-state index contributed by atoms with van der Waals surface area (Å²) >= 11 is 1.29. The van der Waals surface area contributed by atoms with Crippen molar-refractivity contribution in [2.75, 3.05) is 7.05 Å². The number of nitriles is 1. The monoisotopic (exact) mass is 430 g/mol. The Morgan fingerprint density at radius 1 is 1.17 bits per heavy atom. The van der Waals surface area contributed by atoms with E-state index >= 15 is 0 Å². The highest BCUT2D eigenvalue weighted by molar-refractivity contribution is 7.99. The van der Waals surface area contributed by atoms with Crippen molar-refractivity contribution in [3.8, 4) is 6.07 Å². The second-order valence-corrected chi connectivity index (χ2v) is 7.54. The fourth-order valence-corrected chi connectivity index (χ4v) is 3.84. The molecule has 0 atom stereocenters. The van der Waals surface area contributed by atoms with Gasteiger partial charge in [0, 0.05) is 29.2 Å². The highest BCUT2D eigenvalue weighted by atomic mass is 32.2. The summed E-state index contributed by atoms with van der Waals surface area (Å²) in [6.07, 6.45) is -1.86. The first-order valence-electron chi connectivity index (χ1n) is 8.86. The molecule has 0 aliphatic heterocycles. The van der Waals surface area contributed by atoms with Crippen LogP contribution in [0, 0.1) is 11.3 Å². The van der Waals surface area contributed by atoms with Gasteiger partial charge in [-0.2, -0.15) is 18.4 Å². The van der Waals surface area contributed by atoms with E-state index < -0.39 is 12.7 Å². The zero-order valence-electron chi connectivity index (χ0n) is 15.9. The van der Waals surface area contributed by atoms with Crippen molar-refractivity contribution in [3.63, 3.8) is 0 Å². The van der Waals surface area contributed by atoms with Gasteiger partial charge in [-0.3, -0.25) is 4.79 Å². The van der Waals surface area contributed by atoms with Gasteiger partial charge in [0.05, 0.1) is 17.7 Å². The number of benzene rings is 2. The maximum Gasteiger partial charge on any atom is 0.406 e. The van der Waals surface area contributed by atoms with E-state index in [4.69, 9.17) is 0 Å². The number of amides is 1. The number of carbonyl (C=O) groups excluding carboxylic acids is 1. The van der Waals surface area contributed by atoms with Crippen LogP contribution in [-0.4, -0.2) is 33.6 Å². The predicted octanol–water partition coefficient (Wildman–Crippen LogP) is 4.74. The zero-order valence-corrected chi connectivity index (χ0v) is 16.7. The molecule has 0 unspecified atom stereocenters. The van der Waals surface area contributed by atoms with Crippen molar-refractivity contribution in [2.45, 2.75) is 29.1 Å². The minimum Gasteiger partial charge on any atom is -0.334 e. The van der Waals surface area contributed by atoms with Gasteiger partial charge in [-0.05, 0) is 24.3 Å². The van der Waals surface area contributed by atoms with Crippen LogP contribution < -0.4 is 0 Å². The molecule has 5 nitrogen and oxygen atoms in total. The van der Waals surface area contributed by atoms with Crippen molar-refractivity contribution in [1.82, 2.24) is 14.5 Å². The molecule has 1 aromatic heterocycles. The van der Waals surface area contributed by atoms with Crippen LogP contribution in [0.2, 0.25) is 0 Å². The fraction of sp³-hybridized carbons (Fsp3) is 0.190. The van der Waals surface area contributed by atoms with Crippen molar-refractivity contribution in [1.29, 1.82) is 5.26 Å². The summed E-state index contributed by atoms with van der Waals surface area (Å²) in [5, 5.41) is 9.29. The van der Waals surface area contributed by atoms with E-state index in [0.29, 0.717) is 20.9 Å². The lowest BCUT2D eigenvalue weighted by molar-refractivity contribution is -0.141. The molecule has 0 bridgehead atoms. The van der Waals surface area contributed by atoms with Crippen LogP contribution in [0.5, 0.6) is 0 Å². The van der Waals surface area contributed by atoms with E-state index in [1.807, 2.05) is 0 Å². The lowest BCUT2D eigenvalue weighted by atomic mass is 10.2. The molecule has 1 heterocycles. The lowest BCUT2D eigenvalue weighted by Gasteiger charge is -2.20. The van der Waals surface area contributed by atoms with E-state index in [2.05, 4.69) is 11.1 Å². The van der Waals surface area contributed by atoms with Crippen LogP contribution in [0.15, 0.2) is 70.7 Å². The summed E-state index contributed by atoms with van der Waals surface area (Å²) in [6.45, 7) is -1.24. The van der Waals surface area contributed by atoms with Crippen LogP contribution in [0.1, 0.15) is 21.7 Å². The van der Waals surface area contributed by atoms with Crippen LogP contribution >= 0.6 is 11.8 Å². The average molecular weight is 430 g/mol. The number of aromatic nitrogens is 2.